The van der Waals surface area contributed by atoms with Gasteiger partial charge < -0.3 is 10.1 Å². The summed E-state index contributed by atoms with van der Waals surface area (Å²) >= 11 is 0. The highest BCUT2D eigenvalue weighted by molar-refractivity contribution is 6.25. The fraction of sp³-hybridized carbons (Fsp3) is 0.200. The molecule has 0 fully saturated rings. The summed E-state index contributed by atoms with van der Waals surface area (Å²) in [6.07, 6.45) is 2.18. The summed E-state index contributed by atoms with van der Waals surface area (Å²) in [6.45, 7) is 4.27. The first-order valence-electron chi connectivity index (χ1n) is 6.67. The van der Waals surface area contributed by atoms with Gasteiger partial charge in [-0.3, -0.25) is 14.9 Å². The molecule has 0 saturated heterocycles. The van der Waals surface area contributed by atoms with E-state index < -0.39 is 56.5 Å². The second kappa shape index (κ2) is 8.08. The fourth-order valence-corrected chi connectivity index (χ4v) is 1.85. The molecule has 1 aromatic rings. The zero-order valence-electron chi connectivity index (χ0n) is 13.2. The van der Waals surface area contributed by atoms with Crippen molar-refractivity contribution in [3.05, 3.63) is 63.1 Å². The summed E-state index contributed by atoms with van der Waals surface area (Å²) in [5, 5.41) is 13.4. The van der Waals surface area contributed by atoms with Gasteiger partial charge >= 0.3 is 11.7 Å². The maximum atomic E-state index is 14.3. The van der Waals surface area contributed by atoms with Gasteiger partial charge in [-0.15, -0.1) is 6.58 Å². The van der Waals surface area contributed by atoms with E-state index >= 15 is 0 Å². The van der Waals surface area contributed by atoms with Crippen LogP contribution in [0.3, 0.4) is 0 Å². The van der Waals surface area contributed by atoms with Crippen molar-refractivity contribution in [3.63, 3.8) is 0 Å². The average molecular weight is 358 g/mol. The van der Waals surface area contributed by atoms with Crippen LogP contribution in [-0.2, 0) is 9.53 Å². The number of esters is 1. The summed E-state index contributed by atoms with van der Waals surface area (Å²) in [5.41, 5.74) is -4.85. The van der Waals surface area contributed by atoms with Gasteiger partial charge in [-0.05, 0) is 6.92 Å². The van der Waals surface area contributed by atoms with Crippen LogP contribution in [0.5, 0.6) is 0 Å². The maximum absolute atomic E-state index is 14.3. The van der Waals surface area contributed by atoms with Crippen LogP contribution in [-0.4, -0.2) is 30.3 Å². The smallest absolute Gasteiger partial charge is 0.343 e. The summed E-state index contributed by atoms with van der Waals surface area (Å²) in [6, 6.07) is 0. The third kappa shape index (κ3) is 3.84. The maximum Gasteiger partial charge on any atom is 0.343 e. The number of nitro benzene ring substituents is 1. The Kier molecular flexibility index (Phi) is 6.43. The minimum atomic E-state index is -2.00. The molecule has 0 unspecified atom stereocenters. The first-order chi connectivity index (χ1) is 11.7. The Morgan fingerprint density at radius 2 is 1.88 bits per heavy atom. The van der Waals surface area contributed by atoms with Gasteiger partial charge in [-0.25, -0.2) is 13.6 Å². The number of nitrogens with one attached hydrogen (secondary N) is 1. The predicted octanol–water partition coefficient (Wildman–Crippen LogP) is 2.34. The number of carbonyl (C=O) groups is 2. The molecule has 7 nitrogen and oxygen atoms in total. The van der Waals surface area contributed by atoms with E-state index in [-0.39, 0.29) is 6.54 Å². The number of halogens is 3. The van der Waals surface area contributed by atoms with Gasteiger partial charge in [0.05, 0.1) is 12.0 Å². The molecular formula is C15H13F3N2O5. The third-order valence-corrected chi connectivity index (χ3v) is 3.08. The van der Waals surface area contributed by atoms with Crippen molar-refractivity contribution in [2.75, 3.05) is 13.7 Å². The Morgan fingerprint density at radius 3 is 2.36 bits per heavy atom. The van der Waals surface area contributed by atoms with Crippen LogP contribution in [0, 0.1) is 34.5 Å². The highest BCUT2D eigenvalue weighted by atomic mass is 19.2. The van der Waals surface area contributed by atoms with E-state index in [9.17, 15) is 32.9 Å². The standard InChI is InChI=1S/C15H13F3N2O5/c1-4-5-19-6-8(15(22)25-3)14(21)9-10(16)7(2)11(17)12(18)13(9)20(23)24/h4,6,19H,1,5H2,2-3H3. The molecule has 10 heteroatoms. The van der Waals surface area contributed by atoms with Gasteiger partial charge in [0.25, 0.3) is 0 Å². The zero-order valence-corrected chi connectivity index (χ0v) is 13.2. The van der Waals surface area contributed by atoms with Gasteiger partial charge in [0.2, 0.25) is 11.6 Å². The van der Waals surface area contributed by atoms with Crippen molar-refractivity contribution in [1.29, 1.82) is 0 Å². The zero-order chi connectivity index (χ0) is 19.3. The second-order valence-electron chi connectivity index (χ2n) is 4.62. The van der Waals surface area contributed by atoms with Crippen LogP contribution >= 0.6 is 0 Å². The molecule has 0 saturated carbocycles. The normalized spacial score (nSPS) is 11.0. The van der Waals surface area contributed by atoms with Crippen molar-refractivity contribution in [1.82, 2.24) is 5.32 Å². The highest BCUT2D eigenvalue weighted by Gasteiger charge is 2.37. The number of Topliss-reactive ketones (excluding diaryl/α,β-unsaturated/α-hetero) is 1. The van der Waals surface area contributed by atoms with Gasteiger partial charge in [-0.1, -0.05) is 6.08 Å². The summed E-state index contributed by atoms with van der Waals surface area (Å²) in [4.78, 5) is 33.7. The molecule has 0 aliphatic rings. The first-order valence-corrected chi connectivity index (χ1v) is 6.67. The lowest BCUT2D eigenvalue weighted by Gasteiger charge is -2.10. The molecule has 0 radical (unpaired) electrons. The number of hydrogen-bond acceptors (Lipinski definition) is 6. The van der Waals surface area contributed by atoms with Gasteiger partial charge in [0, 0.05) is 18.3 Å². The minimum Gasteiger partial charge on any atom is -0.465 e. The van der Waals surface area contributed by atoms with E-state index in [1.165, 1.54) is 6.08 Å². The Hall–Kier alpha value is -3.17. The number of methoxy groups -OCH3 is 1. The Balaban J connectivity index is 3.69. The fourth-order valence-electron chi connectivity index (χ4n) is 1.85. The van der Waals surface area contributed by atoms with Crippen molar-refractivity contribution in [2.24, 2.45) is 0 Å². The molecule has 1 aromatic carbocycles. The number of carbonyl (C=O) groups excluding carboxylic acids is 2. The molecule has 0 aromatic heterocycles. The Labute approximate surface area is 139 Å². The lowest BCUT2D eigenvalue weighted by atomic mass is 9.98. The number of ketones is 1. The SMILES string of the molecule is C=CCNC=C(C(=O)OC)C(=O)c1c(F)c(C)c(F)c(F)c1[N+](=O)[O-]. The quantitative estimate of drug-likeness (QED) is 0.0767. The van der Waals surface area contributed by atoms with Gasteiger partial charge in [-0.2, -0.15) is 4.39 Å². The van der Waals surface area contributed by atoms with E-state index in [2.05, 4.69) is 16.6 Å². The average Bonchev–Trinajstić information content (AvgIpc) is 2.58. The lowest BCUT2D eigenvalue weighted by Crippen LogP contribution is -2.22. The van der Waals surface area contributed by atoms with E-state index in [4.69, 9.17) is 0 Å². The molecule has 1 rings (SSSR count). The van der Waals surface area contributed by atoms with Gasteiger partial charge in [0.15, 0.2) is 5.82 Å². The molecule has 134 valence electrons. The molecular weight excluding hydrogens is 345 g/mol. The molecule has 0 heterocycles. The number of benzene rings is 1. The number of hydrogen-bond donors (Lipinski definition) is 1. The molecule has 0 bridgehead atoms. The highest BCUT2D eigenvalue weighted by Crippen LogP contribution is 2.32. The van der Waals surface area contributed by atoms with Crippen molar-refractivity contribution < 1.29 is 32.4 Å². The number of ether oxygens (including phenoxy) is 1. The first kappa shape index (κ1) is 19.9. The van der Waals surface area contributed by atoms with Crippen LogP contribution in [0.15, 0.2) is 24.4 Å². The van der Waals surface area contributed by atoms with Crippen LogP contribution in [0.2, 0.25) is 0 Å². The van der Waals surface area contributed by atoms with E-state index in [0.29, 0.717) is 0 Å². The van der Waals surface area contributed by atoms with Crippen LogP contribution in [0.25, 0.3) is 0 Å². The minimum absolute atomic E-state index is 0.0924. The van der Waals surface area contributed by atoms with E-state index in [1.807, 2.05) is 0 Å². The molecule has 0 spiro atoms. The topological polar surface area (TPSA) is 98.5 Å². The summed E-state index contributed by atoms with van der Waals surface area (Å²) in [5.74, 6) is -8.23. The van der Waals surface area contributed by atoms with E-state index in [1.54, 1.807) is 0 Å². The second-order valence-corrected chi connectivity index (χ2v) is 4.62. The van der Waals surface area contributed by atoms with Crippen molar-refractivity contribution in [3.8, 4) is 0 Å². The molecule has 0 aliphatic heterocycles. The monoisotopic (exact) mass is 358 g/mol. The lowest BCUT2D eigenvalue weighted by molar-refractivity contribution is -0.388. The summed E-state index contributed by atoms with van der Waals surface area (Å²) < 4.78 is 46.1. The van der Waals surface area contributed by atoms with E-state index in [0.717, 1.165) is 20.2 Å². The number of nitrogens with zero attached hydrogens (tertiary/aromatic N) is 1. The van der Waals surface area contributed by atoms with Gasteiger partial charge in [0.1, 0.15) is 17.0 Å². The van der Waals surface area contributed by atoms with Crippen molar-refractivity contribution in [2.45, 2.75) is 6.92 Å². The van der Waals surface area contributed by atoms with Crippen LogP contribution in [0.4, 0.5) is 18.9 Å². The largest absolute Gasteiger partial charge is 0.465 e. The van der Waals surface area contributed by atoms with Crippen LogP contribution < -0.4 is 5.32 Å². The van der Waals surface area contributed by atoms with Crippen molar-refractivity contribution >= 4 is 17.4 Å². The molecule has 0 amide bonds. The third-order valence-electron chi connectivity index (χ3n) is 3.08. The Morgan fingerprint density at radius 1 is 1.28 bits per heavy atom. The molecule has 25 heavy (non-hydrogen) atoms. The predicted molar refractivity (Wildman–Crippen MR) is 80.3 cm³/mol. The van der Waals surface area contributed by atoms with Crippen LogP contribution in [0.1, 0.15) is 15.9 Å². The Bertz CT molecular complexity index is 790. The molecule has 0 aliphatic carbocycles. The summed E-state index contributed by atoms with van der Waals surface area (Å²) in [7, 11) is 0.915. The number of nitro groups is 1. The number of rotatable bonds is 7. The molecule has 0 atom stereocenters. The molecule has 1 N–H and O–H groups in total.